The third-order valence-electron chi connectivity index (χ3n) is 9.91. The second kappa shape index (κ2) is 8.69. The van der Waals surface area contributed by atoms with Gasteiger partial charge in [0.25, 0.3) is 0 Å². The van der Waals surface area contributed by atoms with Crippen LogP contribution >= 0.6 is 0 Å². The van der Waals surface area contributed by atoms with Crippen molar-refractivity contribution in [3.8, 4) is 0 Å². The third kappa shape index (κ3) is 3.73. The first-order valence-corrected chi connectivity index (χ1v) is 12.9. The zero-order valence-electron chi connectivity index (χ0n) is 20.4. The average Bonchev–Trinajstić information content (AvgIpc) is 3.09. The molecular weight excluding hydrogens is 384 g/mol. The van der Waals surface area contributed by atoms with Crippen molar-refractivity contribution in [3.63, 3.8) is 0 Å². The number of carbonyl (C=O) groups is 1. The molecule has 0 aromatic heterocycles. The molecule has 3 heteroatoms. The van der Waals surface area contributed by atoms with Gasteiger partial charge in [0.2, 0.25) is 0 Å². The minimum absolute atomic E-state index is 0.0384. The zero-order valence-corrected chi connectivity index (χ0v) is 20.4. The second-order valence-corrected chi connectivity index (χ2v) is 11.8. The molecular formula is C28H44O3. The molecule has 0 aliphatic heterocycles. The largest absolute Gasteiger partial charge is 0.468 e. The van der Waals surface area contributed by atoms with Crippen LogP contribution in [0.3, 0.4) is 0 Å². The first-order chi connectivity index (χ1) is 14.7. The molecule has 3 saturated carbocycles. The van der Waals surface area contributed by atoms with Gasteiger partial charge in [0, 0.05) is 0 Å². The molecule has 4 rings (SSSR count). The van der Waals surface area contributed by atoms with E-state index < -0.39 is 5.41 Å². The Balaban J connectivity index is 1.60. The van der Waals surface area contributed by atoms with E-state index in [1.807, 2.05) is 0 Å². The summed E-state index contributed by atoms with van der Waals surface area (Å²) in [5.74, 6) is 3.71. The highest BCUT2D eigenvalue weighted by molar-refractivity contribution is 5.82. The van der Waals surface area contributed by atoms with Crippen molar-refractivity contribution in [2.45, 2.75) is 91.6 Å². The van der Waals surface area contributed by atoms with Crippen molar-refractivity contribution in [2.24, 2.45) is 46.3 Å². The Bertz CT molecular complexity index is 737. The van der Waals surface area contributed by atoms with Crippen molar-refractivity contribution in [2.75, 3.05) is 7.11 Å². The molecule has 8 atom stereocenters. The maximum absolute atomic E-state index is 13.2. The molecule has 0 saturated heterocycles. The lowest BCUT2D eigenvalue weighted by molar-refractivity contribution is -0.163. The van der Waals surface area contributed by atoms with Crippen LogP contribution in [0.5, 0.6) is 0 Å². The van der Waals surface area contributed by atoms with Gasteiger partial charge in [-0.25, -0.2) is 0 Å². The summed E-state index contributed by atoms with van der Waals surface area (Å²) >= 11 is 0. The number of fused-ring (bicyclic) bond motifs is 5. The zero-order chi connectivity index (χ0) is 22.4. The number of aliphatic hydroxyl groups excluding tert-OH is 1. The molecule has 0 spiro atoms. The van der Waals surface area contributed by atoms with Crippen molar-refractivity contribution in [1.82, 2.24) is 0 Å². The van der Waals surface area contributed by atoms with Crippen LogP contribution in [0.4, 0.5) is 0 Å². The van der Waals surface area contributed by atoms with Gasteiger partial charge in [-0.15, -0.1) is 0 Å². The molecule has 4 aliphatic rings. The van der Waals surface area contributed by atoms with Crippen molar-refractivity contribution < 1.29 is 14.6 Å². The molecule has 0 radical (unpaired) electrons. The van der Waals surface area contributed by atoms with E-state index in [4.69, 9.17) is 4.74 Å². The van der Waals surface area contributed by atoms with Gasteiger partial charge in [-0.2, -0.15) is 0 Å². The summed E-state index contributed by atoms with van der Waals surface area (Å²) in [6.07, 6.45) is 16.3. The van der Waals surface area contributed by atoms with Gasteiger partial charge in [-0.1, -0.05) is 51.5 Å². The molecule has 0 bridgehead atoms. The van der Waals surface area contributed by atoms with Gasteiger partial charge in [-0.05, 0) is 98.7 Å². The predicted octanol–water partition coefficient (Wildman–Crippen LogP) is 6.32. The molecule has 0 aromatic rings. The average molecular weight is 429 g/mol. The minimum Gasteiger partial charge on any atom is -0.468 e. The van der Waals surface area contributed by atoms with Crippen molar-refractivity contribution in [3.05, 3.63) is 23.8 Å². The van der Waals surface area contributed by atoms with Crippen LogP contribution in [0.2, 0.25) is 0 Å². The SMILES string of the molecule is COC(=O)[C@]12CC[C@H](O)CC1=CC[C@@H]1[C@@H]2CC[C@]2(C)[C@@H]([C@H](C)/C=C/CC(C)C)CC[C@@H]12. The number of esters is 1. The van der Waals surface area contributed by atoms with Crippen molar-refractivity contribution >= 4 is 5.97 Å². The Morgan fingerprint density at radius 2 is 1.97 bits per heavy atom. The van der Waals surface area contributed by atoms with Crippen LogP contribution < -0.4 is 0 Å². The monoisotopic (exact) mass is 428 g/mol. The van der Waals surface area contributed by atoms with Crippen LogP contribution in [0, 0.1) is 46.3 Å². The van der Waals surface area contributed by atoms with E-state index in [-0.39, 0.29) is 12.1 Å². The molecule has 3 nitrogen and oxygen atoms in total. The number of hydrogen-bond acceptors (Lipinski definition) is 3. The Labute approximate surface area is 189 Å². The highest BCUT2D eigenvalue weighted by atomic mass is 16.5. The van der Waals surface area contributed by atoms with Gasteiger partial charge in [0.05, 0.1) is 18.6 Å². The molecule has 174 valence electrons. The molecule has 0 amide bonds. The topological polar surface area (TPSA) is 46.5 Å². The van der Waals surface area contributed by atoms with Gasteiger partial charge in [0.1, 0.15) is 0 Å². The maximum atomic E-state index is 13.2. The summed E-state index contributed by atoms with van der Waals surface area (Å²) in [6, 6.07) is 0. The summed E-state index contributed by atoms with van der Waals surface area (Å²) < 4.78 is 5.42. The number of hydrogen-bond donors (Lipinski definition) is 1. The molecule has 0 unspecified atom stereocenters. The number of aliphatic hydroxyl groups is 1. The van der Waals surface area contributed by atoms with E-state index in [0.717, 1.165) is 37.5 Å². The summed E-state index contributed by atoms with van der Waals surface area (Å²) in [4.78, 5) is 13.2. The smallest absolute Gasteiger partial charge is 0.316 e. The number of carbonyl (C=O) groups excluding carboxylic acids is 1. The lowest BCUT2D eigenvalue weighted by Gasteiger charge is -2.57. The fourth-order valence-corrected chi connectivity index (χ4v) is 8.46. The Morgan fingerprint density at radius 3 is 2.68 bits per heavy atom. The number of allylic oxidation sites excluding steroid dienone is 3. The molecule has 0 heterocycles. The normalized spacial score (nSPS) is 43.2. The summed E-state index contributed by atoms with van der Waals surface area (Å²) in [7, 11) is 1.55. The highest BCUT2D eigenvalue weighted by Gasteiger charge is 2.62. The quantitative estimate of drug-likeness (QED) is 0.412. The van der Waals surface area contributed by atoms with Crippen LogP contribution in [-0.4, -0.2) is 24.3 Å². The molecule has 0 aromatic carbocycles. The van der Waals surface area contributed by atoms with Crippen LogP contribution in [0.15, 0.2) is 23.8 Å². The lowest BCUT2D eigenvalue weighted by Crippen LogP contribution is -2.55. The van der Waals surface area contributed by atoms with E-state index in [9.17, 15) is 9.90 Å². The second-order valence-electron chi connectivity index (χ2n) is 11.8. The summed E-state index contributed by atoms with van der Waals surface area (Å²) in [5.41, 5.74) is 1.08. The maximum Gasteiger partial charge on any atom is 0.316 e. The van der Waals surface area contributed by atoms with Gasteiger partial charge < -0.3 is 9.84 Å². The van der Waals surface area contributed by atoms with E-state index in [1.165, 1.54) is 31.3 Å². The first-order valence-electron chi connectivity index (χ1n) is 12.9. The highest BCUT2D eigenvalue weighted by Crippen LogP contribution is 2.67. The Hall–Kier alpha value is -1.09. The fourth-order valence-electron chi connectivity index (χ4n) is 8.46. The van der Waals surface area contributed by atoms with Gasteiger partial charge in [0.15, 0.2) is 0 Å². The standard InChI is InChI=1S/C28H44O3/c1-18(2)7-6-8-19(3)23-11-12-24-22-10-9-20-17-21(29)13-16-28(20,26(30)31-5)25(22)14-15-27(23,24)4/h6,8-9,18-19,21-25,29H,7,10-17H2,1-5H3/b8-6+/t19-,21+,22+,23-,24+,25+,27-,28-/m1/s1. The van der Waals surface area contributed by atoms with Gasteiger partial charge >= 0.3 is 5.97 Å². The minimum atomic E-state index is -0.473. The van der Waals surface area contributed by atoms with E-state index in [1.54, 1.807) is 7.11 Å². The first kappa shape index (κ1) is 23.1. The predicted molar refractivity (Wildman–Crippen MR) is 125 cm³/mol. The number of rotatable bonds is 5. The molecule has 31 heavy (non-hydrogen) atoms. The van der Waals surface area contributed by atoms with Crippen molar-refractivity contribution in [1.29, 1.82) is 0 Å². The summed E-state index contributed by atoms with van der Waals surface area (Å²) in [5, 5.41) is 10.3. The fraction of sp³-hybridized carbons (Fsp3) is 0.821. The van der Waals surface area contributed by atoms with Crippen LogP contribution in [-0.2, 0) is 9.53 Å². The molecule has 1 N–H and O–H groups in total. The third-order valence-corrected chi connectivity index (χ3v) is 9.91. The van der Waals surface area contributed by atoms with E-state index >= 15 is 0 Å². The Kier molecular flexibility index (Phi) is 6.47. The molecule has 3 fully saturated rings. The van der Waals surface area contributed by atoms with Crippen LogP contribution in [0.25, 0.3) is 0 Å². The van der Waals surface area contributed by atoms with Gasteiger partial charge in [-0.3, -0.25) is 4.79 Å². The lowest BCUT2D eigenvalue weighted by atomic mass is 9.46. The van der Waals surface area contributed by atoms with Crippen LogP contribution in [0.1, 0.15) is 85.5 Å². The summed E-state index contributed by atoms with van der Waals surface area (Å²) in [6.45, 7) is 9.57. The number of methoxy groups -OCH3 is 1. The van der Waals surface area contributed by atoms with E-state index in [0.29, 0.717) is 35.5 Å². The number of ether oxygens (including phenoxy) is 1. The molecule has 4 aliphatic carbocycles. The Morgan fingerprint density at radius 1 is 1.19 bits per heavy atom. The van der Waals surface area contributed by atoms with E-state index in [2.05, 4.69) is 45.9 Å².